The molecule has 11 nitrogen and oxygen atoms in total. The van der Waals surface area contributed by atoms with Crippen molar-refractivity contribution >= 4 is 45.5 Å². The van der Waals surface area contributed by atoms with Gasteiger partial charge in [-0.3, -0.25) is 14.9 Å². The van der Waals surface area contributed by atoms with Crippen molar-refractivity contribution in [3.63, 3.8) is 0 Å². The second-order valence-electron chi connectivity index (χ2n) is 8.95. The zero-order chi connectivity index (χ0) is 26.4. The van der Waals surface area contributed by atoms with Crippen LogP contribution in [0.3, 0.4) is 0 Å². The predicted molar refractivity (Wildman–Crippen MR) is 143 cm³/mol. The van der Waals surface area contributed by atoms with Crippen LogP contribution in [-0.2, 0) is 9.59 Å². The number of pyridine rings is 4. The Balaban J connectivity index is 1.17. The number of fused-ring (bicyclic) bond motifs is 2. The summed E-state index contributed by atoms with van der Waals surface area (Å²) in [6.07, 6.45) is 0.0875. The molecule has 0 radical (unpaired) electrons. The van der Waals surface area contributed by atoms with Gasteiger partial charge in [-0.25, -0.2) is 19.9 Å². The molecular formula is C26H31N9O2. The molecule has 4 heterocycles. The van der Waals surface area contributed by atoms with Gasteiger partial charge in [0.25, 0.3) is 0 Å². The van der Waals surface area contributed by atoms with Crippen LogP contribution in [0.2, 0.25) is 0 Å². The lowest BCUT2D eigenvalue weighted by molar-refractivity contribution is -0.117. The Morgan fingerprint density at radius 1 is 0.676 bits per heavy atom. The quantitative estimate of drug-likeness (QED) is 0.204. The van der Waals surface area contributed by atoms with Gasteiger partial charge in [0.05, 0.1) is 12.3 Å². The number of nitrogens with two attached hydrogens (primary N) is 2. The normalized spacial score (nSPS) is 12.9. The Bertz CT molecular complexity index is 1320. The maximum atomic E-state index is 12.3. The van der Waals surface area contributed by atoms with Crippen LogP contribution in [0.1, 0.15) is 37.1 Å². The van der Waals surface area contributed by atoms with Gasteiger partial charge >= 0.3 is 0 Å². The molecule has 0 saturated heterocycles. The third kappa shape index (κ3) is 7.46. The van der Waals surface area contributed by atoms with Crippen LogP contribution < -0.4 is 27.4 Å². The Kier molecular flexibility index (Phi) is 8.29. The molecule has 0 aliphatic heterocycles. The minimum atomic E-state index is -0.505. The van der Waals surface area contributed by atoms with E-state index >= 15 is 0 Å². The average Bonchev–Trinajstić information content (AvgIpc) is 2.86. The number of hydrogen-bond acceptors (Lipinski definition) is 9. The fourth-order valence-corrected chi connectivity index (χ4v) is 3.75. The fourth-order valence-electron chi connectivity index (χ4n) is 3.75. The Hall–Kier alpha value is -4.06. The molecule has 7 N–H and O–H groups in total. The summed E-state index contributed by atoms with van der Waals surface area (Å²) >= 11 is 0. The Labute approximate surface area is 214 Å². The molecule has 0 aliphatic rings. The summed E-state index contributed by atoms with van der Waals surface area (Å²) in [5.41, 5.74) is 15.0. The summed E-state index contributed by atoms with van der Waals surface area (Å²) in [6.45, 7) is 3.77. The maximum Gasteiger partial charge on any atom is 0.225 e. The topological polar surface area (TPSA) is 174 Å². The fraction of sp³-hybridized carbons (Fsp3) is 0.308. The van der Waals surface area contributed by atoms with Crippen LogP contribution in [-0.4, -0.2) is 44.1 Å². The van der Waals surface area contributed by atoms with Crippen LogP contribution >= 0.6 is 0 Å². The van der Waals surface area contributed by atoms with Gasteiger partial charge in [-0.1, -0.05) is 0 Å². The molecule has 4 rings (SSSR count). The van der Waals surface area contributed by atoms with Gasteiger partial charge in [-0.2, -0.15) is 0 Å². The second kappa shape index (κ2) is 11.8. The van der Waals surface area contributed by atoms with E-state index in [9.17, 15) is 9.59 Å². The molecule has 4 aromatic rings. The molecule has 11 heteroatoms. The number of aromatic nitrogens is 4. The largest absolute Gasteiger partial charge is 0.316 e. The molecule has 0 bridgehead atoms. The molecule has 0 aromatic carbocycles. The molecule has 2 unspecified atom stereocenters. The van der Waals surface area contributed by atoms with Crippen LogP contribution in [0, 0.1) is 13.8 Å². The number of nitrogens with zero attached hydrogens (tertiary/aromatic N) is 4. The van der Waals surface area contributed by atoms with Crippen LogP contribution in [0.5, 0.6) is 0 Å². The lowest BCUT2D eigenvalue weighted by atomic mass is 10.2. The van der Waals surface area contributed by atoms with Crippen molar-refractivity contribution < 1.29 is 9.59 Å². The molecule has 0 saturated carbocycles. The van der Waals surface area contributed by atoms with Gasteiger partial charge in [0, 0.05) is 35.0 Å². The van der Waals surface area contributed by atoms with Gasteiger partial charge in [-0.05, 0) is 75.2 Å². The number of nitrogens with one attached hydrogen (secondary N) is 3. The van der Waals surface area contributed by atoms with Crippen molar-refractivity contribution in [3.05, 3.63) is 59.9 Å². The summed E-state index contributed by atoms with van der Waals surface area (Å²) in [5, 5.41) is 10.4. The Morgan fingerprint density at radius 3 is 1.51 bits per heavy atom. The van der Waals surface area contributed by atoms with E-state index in [-0.39, 0.29) is 24.7 Å². The van der Waals surface area contributed by atoms with Gasteiger partial charge in [0.15, 0.2) is 11.3 Å². The third-order valence-corrected chi connectivity index (χ3v) is 5.71. The number of amides is 2. The van der Waals surface area contributed by atoms with Crippen LogP contribution in [0.4, 0.5) is 11.6 Å². The highest BCUT2D eigenvalue weighted by Gasteiger charge is 2.13. The molecule has 0 aliphatic carbocycles. The first-order chi connectivity index (χ1) is 17.7. The first-order valence-electron chi connectivity index (χ1n) is 12.1. The van der Waals surface area contributed by atoms with E-state index in [1.807, 2.05) is 50.2 Å². The third-order valence-electron chi connectivity index (χ3n) is 5.71. The highest BCUT2D eigenvalue weighted by molar-refractivity contribution is 5.91. The Morgan fingerprint density at radius 2 is 1.08 bits per heavy atom. The first kappa shape index (κ1) is 26.0. The molecule has 2 amide bonds. The molecule has 0 fully saturated rings. The number of aryl methyl sites for hydroxylation is 2. The smallest absolute Gasteiger partial charge is 0.225 e. The van der Waals surface area contributed by atoms with Crippen molar-refractivity contribution in [2.45, 2.75) is 51.9 Å². The molecule has 192 valence electrons. The molecule has 37 heavy (non-hydrogen) atoms. The van der Waals surface area contributed by atoms with Gasteiger partial charge in [-0.15, -0.1) is 0 Å². The molecule has 0 spiro atoms. The highest BCUT2D eigenvalue weighted by Crippen LogP contribution is 2.15. The van der Waals surface area contributed by atoms with E-state index in [1.165, 1.54) is 0 Å². The number of anilines is 2. The van der Waals surface area contributed by atoms with E-state index in [0.717, 1.165) is 22.2 Å². The number of carbonyl (C=O) groups is 2. The number of rotatable bonds is 10. The molecular weight excluding hydrogens is 470 g/mol. The predicted octanol–water partition coefficient (Wildman–Crippen LogP) is 2.49. The summed E-state index contributed by atoms with van der Waals surface area (Å²) in [5.74, 6) is 0.452. The van der Waals surface area contributed by atoms with E-state index in [1.54, 1.807) is 12.1 Å². The number of carbonyl (C=O) groups excluding carboxylic acids is 2. The van der Waals surface area contributed by atoms with Crippen molar-refractivity contribution in [2.75, 3.05) is 10.6 Å². The highest BCUT2D eigenvalue weighted by atomic mass is 16.2. The SMILES string of the molecule is Cc1ccc2ccc(NC(=O)CCC(N)NC(N)CCC(=O)Nc3ccc4ccc(C)nc4n3)nc2n1. The van der Waals surface area contributed by atoms with Gasteiger partial charge < -0.3 is 22.1 Å². The lowest BCUT2D eigenvalue weighted by Gasteiger charge is -2.19. The standard InChI is InChI=1S/C26H31N9O2/c1-15-3-5-17-7-11-21(34-25(17)29-15)32-23(36)13-9-19(27)31-20(28)10-14-24(37)33-22-12-8-18-6-4-16(2)30-26(18)35-22/h3-8,11-12,19-20,31H,9-10,13-14,27-28H2,1-2H3,(H,29,32,34,36)(H,30,33,35,37). The van der Waals surface area contributed by atoms with Gasteiger partial charge in [0.2, 0.25) is 11.8 Å². The maximum absolute atomic E-state index is 12.3. The van der Waals surface area contributed by atoms with Gasteiger partial charge in [0.1, 0.15) is 11.6 Å². The summed E-state index contributed by atoms with van der Waals surface area (Å²) in [6, 6.07) is 14.9. The van der Waals surface area contributed by atoms with E-state index < -0.39 is 12.3 Å². The van der Waals surface area contributed by atoms with E-state index in [4.69, 9.17) is 11.5 Å². The molecule has 4 aromatic heterocycles. The van der Waals surface area contributed by atoms with E-state index in [0.29, 0.717) is 35.8 Å². The van der Waals surface area contributed by atoms with Crippen molar-refractivity contribution in [2.24, 2.45) is 11.5 Å². The number of hydrogen-bond donors (Lipinski definition) is 5. The zero-order valence-corrected chi connectivity index (χ0v) is 20.9. The average molecular weight is 502 g/mol. The monoisotopic (exact) mass is 501 g/mol. The van der Waals surface area contributed by atoms with Crippen LogP contribution in [0.25, 0.3) is 22.1 Å². The lowest BCUT2D eigenvalue weighted by Crippen LogP contribution is -2.49. The molecule has 2 atom stereocenters. The van der Waals surface area contributed by atoms with E-state index in [2.05, 4.69) is 35.9 Å². The zero-order valence-electron chi connectivity index (χ0n) is 20.9. The van der Waals surface area contributed by atoms with Crippen molar-refractivity contribution in [3.8, 4) is 0 Å². The summed E-state index contributed by atoms with van der Waals surface area (Å²) in [7, 11) is 0. The minimum Gasteiger partial charge on any atom is -0.316 e. The first-order valence-corrected chi connectivity index (χ1v) is 12.1. The van der Waals surface area contributed by atoms with Crippen LogP contribution in [0.15, 0.2) is 48.5 Å². The summed E-state index contributed by atoms with van der Waals surface area (Å²) < 4.78 is 0. The summed E-state index contributed by atoms with van der Waals surface area (Å²) in [4.78, 5) is 42.2. The van der Waals surface area contributed by atoms with Crippen molar-refractivity contribution in [1.82, 2.24) is 25.3 Å². The van der Waals surface area contributed by atoms with Crippen molar-refractivity contribution in [1.29, 1.82) is 0 Å². The minimum absolute atomic E-state index is 0.184. The second-order valence-corrected chi connectivity index (χ2v) is 8.95.